The first kappa shape index (κ1) is 16.5. The highest BCUT2D eigenvalue weighted by atomic mass is 32.2. The molecule has 0 radical (unpaired) electrons. The lowest BCUT2D eigenvalue weighted by atomic mass is 10.1. The van der Waals surface area contributed by atoms with Crippen LogP contribution < -0.4 is 4.72 Å². The minimum absolute atomic E-state index is 0.0515. The van der Waals surface area contributed by atoms with Gasteiger partial charge in [0.25, 0.3) is 10.2 Å². The van der Waals surface area contributed by atoms with Crippen molar-refractivity contribution in [1.82, 2.24) is 9.03 Å². The van der Waals surface area contributed by atoms with Crippen LogP contribution in [0.1, 0.15) is 45.1 Å². The fraction of sp³-hybridized carbons (Fsp3) is 0.625. The molecule has 2 rings (SSSR count). The smallest absolute Gasteiger partial charge is 0.199 e. The number of aryl methyl sites for hydroxylation is 1. The summed E-state index contributed by atoms with van der Waals surface area (Å²) in [6.45, 7) is 4.57. The Bertz CT molecular complexity index is 530. The van der Waals surface area contributed by atoms with Crippen molar-refractivity contribution in [3.05, 3.63) is 35.9 Å². The van der Waals surface area contributed by atoms with Gasteiger partial charge in [-0.15, -0.1) is 0 Å². The van der Waals surface area contributed by atoms with Crippen molar-refractivity contribution < 1.29 is 8.42 Å². The Morgan fingerprint density at radius 2 is 2.00 bits per heavy atom. The highest BCUT2D eigenvalue weighted by Gasteiger charge is 2.30. The summed E-state index contributed by atoms with van der Waals surface area (Å²) in [5, 5.41) is 0. The summed E-state index contributed by atoms with van der Waals surface area (Å²) in [4.78, 5) is 0. The van der Waals surface area contributed by atoms with Crippen molar-refractivity contribution in [3.8, 4) is 0 Å². The highest BCUT2D eigenvalue weighted by molar-refractivity contribution is 7.87. The van der Waals surface area contributed by atoms with Gasteiger partial charge in [0.2, 0.25) is 0 Å². The third-order valence-corrected chi connectivity index (χ3v) is 5.97. The number of nitrogens with zero attached hydrogens (tertiary/aromatic N) is 1. The van der Waals surface area contributed by atoms with Crippen molar-refractivity contribution in [2.45, 2.75) is 58.0 Å². The first-order chi connectivity index (χ1) is 9.99. The van der Waals surface area contributed by atoms with Crippen molar-refractivity contribution in [2.75, 3.05) is 6.54 Å². The third-order valence-electron chi connectivity index (χ3n) is 4.11. The predicted octanol–water partition coefficient (Wildman–Crippen LogP) is 2.72. The Balaban J connectivity index is 1.87. The van der Waals surface area contributed by atoms with E-state index in [9.17, 15) is 8.42 Å². The van der Waals surface area contributed by atoms with E-state index in [1.54, 1.807) is 4.31 Å². The second kappa shape index (κ2) is 7.38. The molecule has 1 saturated heterocycles. The monoisotopic (exact) mass is 310 g/mol. The van der Waals surface area contributed by atoms with Crippen molar-refractivity contribution in [2.24, 2.45) is 0 Å². The van der Waals surface area contributed by atoms with E-state index < -0.39 is 10.2 Å². The van der Waals surface area contributed by atoms with Gasteiger partial charge in [0, 0.05) is 18.6 Å². The number of benzene rings is 1. The van der Waals surface area contributed by atoms with Crippen molar-refractivity contribution in [1.29, 1.82) is 0 Å². The lowest BCUT2D eigenvalue weighted by molar-refractivity contribution is 0.263. The highest BCUT2D eigenvalue weighted by Crippen LogP contribution is 2.19. The van der Waals surface area contributed by atoms with Crippen LogP contribution in [0.2, 0.25) is 0 Å². The lowest BCUT2D eigenvalue weighted by Gasteiger charge is -2.33. The fourth-order valence-electron chi connectivity index (χ4n) is 2.84. The molecule has 1 aliphatic rings. The summed E-state index contributed by atoms with van der Waals surface area (Å²) in [6, 6.07) is 10.2. The Hall–Kier alpha value is -0.910. The van der Waals surface area contributed by atoms with E-state index in [0.29, 0.717) is 6.54 Å². The first-order valence-electron chi connectivity index (χ1n) is 7.82. The number of rotatable bonds is 6. The molecular weight excluding hydrogens is 284 g/mol. The summed E-state index contributed by atoms with van der Waals surface area (Å²) in [5.74, 6) is 0. The molecule has 0 unspecified atom stereocenters. The molecule has 0 aliphatic carbocycles. The van der Waals surface area contributed by atoms with Gasteiger partial charge >= 0.3 is 0 Å². The Labute approximate surface area is 128 Å². The molecule has 21 heavy (non-hydrogen) atoms. The largest absolute Gasteiger partial charge is 0.279 e. The predicted molar refractivity (Wildman–Crippen MR) is 86.3 cm³/mol. The van der Waals surface area contributed by atoms with Crippen LogP contribution in [-0.2, 0) is 16.6 Å². The van der Waals surface area contributed by atoms with Crippen LogP contribution >= 0.6 is 0 Å². The molecule has 5 heteroatoms. The second-order valence-corrected chi connectivity index (χ2v) is 7.66. The normalized spacial score (nSPS) is 22.1. The maximum Gasteiger partial charge on any atom is 0.279 e. The van der Waals surface area contributed by atoms with Gasteiger partial charge in [0.05, 0.1) is 0 Å². The summed E-state index contributed by atoms with van der Waals surface area (Å²) in [6.07, 6.45) is 4.74. The Kier molecular flexibility index (Phi) is 5.79. The van der Waals surface area contributed by atoms with Crippen molar-refractivity contribution in [3.63, 3.8) is 0 Å². The van der Waals surface area contributed by atoms with Crippen LogP contribution in [0.4, 0.5) is 0 Å². The van der Waals surface area contributed by atoms with Gasteiger partial charge in [-0.2, -0.15) is 17.4 Å². The zero-order chi connectivity index (χ0) is 15.3. The zero-order valence-corrected chi connectivity index (χ0v) is 13.8. The summed E-state index contributed by atoms with van der Waals surface area (Å²) < 4.78 is 29.3. The van der Waals surface area contributed by atoms with Gasteiger partial charge in [-0.05, 0) is 45.1 Å². The summed E-state index contributed by atoms with van der Waals surface area (Å²) >= 11 is 0. The van der Waals surface area contributed by atoms with Gasteiger partial charge < -0.3 is 0 Å². The van der Waals surface area contributed by atoms with E-state index in [1.165, 1.54) is 5.56 Å². The fourth-order valence-corrected chi connectivity index (χ4v) is 4.55. The molecule has 118 valence electrons. The van der Waals surface area contributed by atoms with Gasteiger partial charge in [-0.1, -0.05) is 36.8 Å². The van der Waals surface area contributed by atoms with Crippen LogP contribution in [0.3, 0.4) is 0 Å². The SMILES string of the molecule is C[C@H](CCc1ccccc1)NS(=O)(=O)N1CCCC[C@H]1C. The number of hydrogen-bond donors (Lipinski definition) is 1. The minimum atomic E-state index is -3.35. The molecule has 4 nitrogen and oxygen atoms in total. The lowest BCUT2D eigenvalue weighted by Crippen LogP contribution is -2.50. The molecule has 1 aliphatic heterocycles. The van der Waals surface area contributed by atoms with E-state index in [0.717, 1.165) is 32.1 Å². The number of piperidine rings is 1. The Morgan fingerprint density at radius 3 is 2.67 bits per heavy atom. The molecule has 1 fully saturated rings. The van der Waals surface area contributed by atoms with E-state index >= 15 is 0 Å². The Morgan fingerprint density at radius 1 is 1.29 bits per heavy atom. The van der Waals surface area contributed by atoms with E-state index in [4.69, 9.17) is 0 Å². The molecule has 0 amide bonds. The van der Waals surface area contributed by atoms with Gasteiger partial charge in [0.1, 0.15) is 0 Å². The summed E-state index contributed by atoms with van der Waals surface area (Å²) in [5.41, 5.74) is 1.25. The van der Waals surface area contributed by atoms with Crippen LogP contribution in [0.15, 0.2) is 30.3 Å². The van der Waals surface area contributed by atoms with E-state index in [-0.39, 0.29) is 12.1 Å². The van der Waals surface area contributed by atoms with E-state index in [1.807, 2.05) is 32.0 Å². The molecular formula is C16H26N2O2S. The molecule has 1 aromatic rings. The van der Waals surface area contributed by atoms with Gasteiger partial charge in [0.15, 0.2) is 0 Å². The van der Waals surface area contributed by atoms with Gasteiger partial charge in [-0.3, -0.25) is 0 Å². The molecule has 0 aromatic heterocycles. The van der Waals surface area contributed by atoms with Crippen LogP contribution in [-0.4, -0.2) is 31.4 Å². The second-order valence-electron chi connectivity index (χ2n) is 6.00. The quantitative estimate of drug-likeness (QED) is 0.878. The molecule has 2 atom stereocenters. The van der Waals surface area contributed by atoms with Crippen molar-refractivity contribution >= 4 is 10.2 Å². The molecule has 1 aromatic carbocycles. The number of nitrogens with one attached hydrogen (secondary N) is 1. The van der Waals surface area contributed by atoms with Crippen LogP contribution in [0.25, 0.3) is 0 Å². The van der Waals surface area contributed by atoms with Crippen LogP contribution in [0.5, 0.6) is 0 Å². The molecule has 0 saturated carbocycles. The third kappa shape index (κ3) is 4.80. The molecule has 0 spiro atoms. The zero-order valence-electron chi connectivity index (χ0n) is 13.0. The standard InChI is InChI=1S/C16H26N2O2S/c1-14(11-12-16-9-4-3-5-10-16)17-21(19,20)18-13-7-6-8-15(18)2/h3-5,9-10,14-15,17H,6-8,11-13H2,1-2H3/t14-,15-/m1/s1. The summed E-state index contributed by atoms with van der Waals surface area (Å²) in [7, 11) is -3.35. The van der Waals surface area contributed by atoms with Crippen LogP contribution in [0, 0.1) is 0 Å². The van der Waals surface area contributed by atoms with Gasteiger partial charge in [-0.25, -0.2) is 0 Å². The molecule has 0 bridgehead atoms. The minimum Gasteiger partial charge on any atom is -0.199 e. The first-order valence-corrected chi connectivity index (χ1v) is 9.26. The maximum absolute atomic E-state index is 12.4. The molecule has 1 N–H and O–H groups in total. The van der Waals surface area contributed by atoms with E-state index in [2.05, 4.69) is 16.9 Å². The molecule has 1 heterocycles. The maximum atomic E-state index is 12.4. The topological polar surface area (TPSA) is 49.4 Å². The average Bonchev–Trinajstić information content (AvgIpc) is 2.46. The average molecular weight is 310 g/mol. The number of hydrogen-bond acceptors (Lipinski definition) is 2.